The smallest absolute Gasteiger partial charge is 0.339 e. The van der Waals surface area contributed by atoms with E-state index in [4.69, 9.17) is 0 Å². The lowest BCUT2D eigenvalue weighted by Crippen LogP contribution is -2.14. The van der Waals surface area contributed by atoms with E-state index in [1.807, 2.05) is 0 Å². The lowest BCUT2D eigenvalue weighted by molar-refractivity contribution is -0.116. The molecule has 0 fully saturated rings. The van der Waals surface area contributed by atoms with Gasteiger partial charge < -0.3 is 10.4 Å². The third kappa shape index (κ3) is 4.78. The fourth-order valence-corrected chi connectivity index (χ4v) is 3.77. The number of carboxylic acids is 1. The van der Waals surface area contributed by atoms with Gasteiger partial charge in [-0.15, -0.1) is 11.3 Å². The van der Waals surface area contributed by atoms with Crippen molar-refractivity contribution in [3.63, 3.8) is 0 Å². The molecule has 0 bridgehead atoms. The van der Waals surface area contributed by atoms with Gasteiger partial charge in [-0.05, 0) is 52.2 Å². The molecule has 0 unspecified atom stereocenters. The fraction of sp³-hybridized carbons (Fsp3) is 0.105. The van der Waals surface area contributed by atoms with Crippen molar-refractivity contribution in [1.29, 1.82) is 0 Å². The van der Waals surface area contributed by atoms with Crippen LogP contribution >= 0.6 is 27.3 Å². The standard InChI is InChI=1S/C19H14BrFN2O3S/c20-15-6-5-12(9-22-15)18-17(19(25)26)14(10-27-18)23-16(24)7-4-11-2-1-3-13(21)8-11/h1-3,5-6,8-10H,4,7H2,(H,23,24)(H,25,26). The first-order chi connectivity index (χ1) is 12.9. The number of hydrogen-bond donors (Lipinski definition) is 2. The van der Waals surface area contributed by atoms with Crippen LogP contribution in [0.25, 0.3) is 10.4 Å². The molecule has 0 saturated carbocycles. The van der Waals surface area contributed by atoms with Gasteiger partial charge in [-0.3, -0.25) is 4.79 Å². The summed E-state index contributed by atoms with van der Waals surface area (Å²) >= 11 is 4.46. The Morgan fingerprint density at radius 1 is 1.26 bits per heavy atom. The van der Waals surface area contributed by atoms with Gasteiger partial charge in [0.25, 0.3) is 0 Å². The molecule has 0 radical (unpaired) electrons. The average molecular weight is 449 g/mol. The number of anilines is 1. The van der Waals surface area contributed by atoms with Crippen molar-refractivity contribution >= 4 is 44.8 Å². The number of carboxylic acid groups (broad SMARTS) is 1. The van der Waals surface area contributed by atoms with Gasteiger partial charge in [-0.25, -0.2) is 14.2 Å². The minimum Gasteiger partial charge on any atom is -0.478 e. The highest BCUT2D eigenvalue weighted by Gasteiger charge is 2.21. The molecule has 2 N–H and O–H groups in total. The molecule has 0 aliphatic rings. The zero-order chi connectivity index (χ0) is 19.4. The van der Waals surface area contributed by atoms with Crippen molar-refractivity contribution in [1.82, 2.24) is 4.98 Å². The van der Waals surface area contributed by atoms with Crippen molar-refractivity contribution in [2.45, 2.75) is 12.8 Å². The third-order valence-corrected chi connectivity index (χ3v) is 5.30. The second-order valence-electron chi connectivity index (χ2n) is 5.71. The van der Waals surface area contributed by atoms with Gasteiger partial charge >= 0.3 is 5.97 Å². The molecule has 8 heteroatoms. The highest BCUT2D eigenvalue weighted by Crippen LogP contribution is 2.36. The largest absolute Gasteiger partial charge is 0.478 e. The summed E-state index contributed by atoms with van der Waals surface area (Å²) < 4.78 is 13.8. The summed E-state index contributed by atoms with van der Waals surface area (Å²) in [6.45, 7) is 0. The molecule has 0 atom stereocenters. The number of thiophene rings is 1. The Balaban J connectivity index is 1.75. The van der Waals surface area contributed by atoms with Gasteiger partial charge in [0.1, 0.15) is 16.0 Å². The number of rotatable bonds is 6. The van der Waals surface area contributed by atoms with Crippen molar-refractivity contribution in [3.8, 4) is 10.4 Å². The monoisotopic (exact) mass is 448 g/mol. The number of benzene rings is 1. The fourth-order valence-electron chi connectivity index (χ4n) is 2.55. The zero-order valence-electron chi connectivity index (χ0n) is 13.9. The van der Waals surface area contributed by atoms with E-state index in [-0.39, 0.29) is 29.4 Å². The van der Waals surface area contributed by atoms with Gasteiger partial charge in [-0.2, -0.15) is 0 Å². The van der Waals surface area contributed by atoms with E-state index >= 15 is 0 Å². The second kappa shape index (κ2) is 8.41. The van der Waals surface area contributed by atoms with Crippen LogP contribution in [0.15, 0.2) is 52.6 Å². The Labute approximate surface area is 167 Å². The van der Waals surface area contributed by atoms with E-state index in [2.05, 4.69) is 26.2 Å². The number of aryl methyl sites for hydroxylation is 1. The van der Waals surface area contributed by atoms with Crippen LogP contribution < -0.4 is 5.32 Å². The SMILES string of the molecule is O=C(CCc1cccc(F)c1)Nc1csc(-c2ccc(Br)nc2)c1C(=O)O. The molecule has 27 heavy (non-hydrogen) atoms. The van der Waals surface area contributed by atoms with Crippen LogP contribution in [0.3, 0.4) is 0 Å². The Bertz CT molecular complexity index is 989. The summed E-state index contributed by atoms with van der Waals surface area (Å²) in [5, 5.41) is 13.8. The first kappa shape index (κ1) is 19.2. The van der Waals surface area contributed by atoms with E-state index in [0.717, 1.165) is 0 Å². The van der Waals surface area contributed by atoms with Crippen LogP contribution in [-0.4, -0.2) is 22.0 Å². The maximum atomic E-state index is 13.2. The number of carbonyl (C=O) groups excluding carboxylic acids is 1. The molecule has 2 aromatic heterocycles. The quantitative estimate of drug-likeness (QED) is 0.521. The van der Waals surface area contributed by atoms with Crippen molar-refractivity contribution in [2.24, 2.45) is 0 Å². The number of nitrogens with zero attached hydrogens (tertiary/aromatic N) is 1. The molecule has 0 aliphatic heterocycles. The van der Waals surface area contributed by atoms with E-state index in [1.165, 1.54) is 23.5 Å². The highest BCUT2D eigenvalue weighted by molar-refractivity contribution is 9.10. The third-order valence-electron chi connectivity index (χ3n) is 3.80. The minimum absolute atomic E-state index is 0.0308. The Morgan fingerprint density at radius 2 is 2.07 bits per heavy atom. The molecule has 138 valence electrons. The summed E-state index contributed by atoms with van der Waals surface area (Å²) in [4.78, 5) is 28.6. The van der Waals surface area contributed by atoms with Crippen LogP contribution in [0.1, 0.15) is 22.3 Å². The number of pyridine rings is 1. The zero-order valence-corrected chi connectivity index (χ0v) is 16.3. The molecular formula is C19H14BrFN2O3S. The molecule has 0 saturated heterocycles. The molecule has 2 heterocycles. The Kier molecular flexibility index (Phi) is 5.98. The van der Waals surface area contributed by atoms with Crippen LogP contribution in [0, 0.1) is 5.82 Å². The number of carbonyl (C=O) groups is 2. The number of hydrogen-bond acceptors (Lipinski definition) is 4. The van der Waals surface area contributed by atoms with E-state index in [9.17, 15) is 19.1 Å². The van der Waals surface area contributed by atoms with Crippen LogP contribution in [-0.2, 0) is 11.2 Å². The van der Waals surface area contributed by atoms with Gasteiger partial charge in [0, 0.05) is 23.6 Å². The molecule has 0 aliphatic carbocycles. The molecule has 0 spiro atoms. The first-order valence-corrected chi connectivity index (χ1v) is 9.62. The number of aromatic nitrogens is 1. The van der Waals surface area contributed by atoms with Gasteiger partial charge in [0.15, 0.2) is 0 Å². The van der Waals surface area contributed by atoms with E-state index in [1.54, 1.807) is 35.8 Å². The number of nitrogens with one attached hydrogen (secondary N) is 1. The van der Waals surface area contributed by atoms with Crippen molar-refractivity contribution in [3.05, 3.63) is 69.5 Å². The average Bonchev–Trinajstić information content (AvgIpc) is 3.04. The lowest BCUT2D eigenvalue weighted by Gasteiger charge is -2.06. The molecule has 3 rings (SSSR count). The van der Waals surface area contributed by atoms with Gasteiger partial charge in [0.05, 0.1) is 10.6 Å². The normalized spacial score (nSPS) is 10.6. The van der Waals surface area contributed by atoms with Crippen LogP contribution in [0.2, 0.25) is 0 Å². The molecule has 1 aromatic carbocycles. The molecule has 3 aromatic rings. The second-order valence-corrected chi connectivity index (χ2v) is 7.40. The topological polar surface area (TPSA) is 79.3 Å². The summed E-state index contributed by atoms with van der Waals surface area (Å²) in [5.41, 5.74) is 1.63. The maximum absolute atomic E-state index is 13.2. The molecule has 1 amide bonds. The predicted molar refractivity (Wildman–Crippen MR) is 106 cm³/mol. The van der Waals surface area contributed by atoms with E-state index in [0.29, 0.717) is 27.0 Å². The Morgan fingerprint density at radius 3 is 2.74 bits per heavy atom. The van der Waals surface area contributed by atoms with Crippen molar-refractivity contribution in [2.75, 3.05) is 5.32 Å². The van der Waals surface area contributed by atoms with Crippen LogP contribution in [0.5, 0.6) is 0 Å². The van der Waals surface area contributed by atoms with Gasteiger partial charge in [-0.1, -0.05) is 12.1 Å². The first-order valence-electron chi connectivity index (χ1n) is 7.95. The summed E-state index contributed by atoms with van der Waals surface area (Å²) in [6.07, 6.45) is 2.05. The summed E-state index contributed by atoms with van der Waals surface area (Å²) in [6, 6.07) is 9.51. The lowest BCUT2D eigenvalue weighted by atomic mass is 10.1. The van der Waals surface area contributed by atoms with E-state index < -0.39 is 5.97 Å². The predicted octanol–water partition coefficient (Wildman–Crippen LogP) is 4.98. The number of amides is 1. The highest BCUT2D eigenvalue weighted by atomic mass is 79.9. The minimum atomic E-state index is -1.13. The summed E-state index contributed by atoms with van der Waals surface area (Å²) in [5.74, 6) is -1.82. The van der Waals surface area contributed by atoms with Crippen molar-refractivity contribution < 1.29 is 19.1 Å². The molecule has 5 nitrogen and oxygen atoms in total. The maximum Gasteiger partial charge on any atom is 0.339 e. The Hall–Kier alpha value is -2.58. The van der Waals surface area contributed by atoms with Gasteiger partial charge in [0.2, 0.25) is 5.91 Å². The van der Waals surface area contributed by atoms with Crippen LogP contribution in [0.4, 0.5) is 10.1 Å². The molecular weight excluding hydrogens is 435 g/mol. The summed E-state index contributed by atoms with van der Waals surface area (Å²) in [7, 11) is 0. The number of halogens is 2. The number of aromatic carboxylic acids is 1.